The summed E-state index contributed by atoms with van der Waals surface area (Å²) >= 11 is 0. The van der Waals surface area contributed by atoms with Gasteiger partial charge < -0.3 is 15.4 Å². The normalized spacial score (nSPS) is 17.4. The van der Waals surface area contributed by atoms with Crippen LogP contribution < -0.4 is 5.73 Å². The van der Waals surface area contributed by atoms with Gasteiger partial charge in [-0.2, -0.15) is 0 Å². The van der Waals surface area contributed by atoms with E-state index in [-0.39, 0.29) is 12.6 Å². The summed E-state index contributed by atoms with van der Waals surface area (Å²) in [6.45, 7) is 6.21. The molecule has 1 aromatic rings. The van der Waals surface area contributed by atoms with Crippen LogP contribution in [0.25, 0.3) is 0 Å². The number of aromatic nitrogens is 2. The molecule has 0 radical (unpaired) electrons. The highest BCUT2D eigenvalue weighted by Gasteiger charge is 2.23. The second-order valence-electron chi connectivity index (χ2n) is 4.36. The van der Waals surface area contributed by atoms with Crippen molar-refractivity contribution in [3.8, 4) is 0 Å². The first-order valence-electron chi connectivity index (χ1n) is 5.44. The Hall–Kier alpha value is -0.870. The third-order valence-electron chi connectivity index (χ3n) is 2.71. The summed E-state index contributed by atoms with van der Waals surface area (Å²) in [7, 11) is 0. The van der Waals surface area contributed by atoms with Crippen LogP contribution in [0.2, 0.25) is 0 Å². The molecule has 4 heteroatoms. The van der Waals surface area contributed by atoms with Crippen molar-refractivity contribution < 1.29 is 5.11 Å². The number of imidazole rings is 1. The summed E-state index contributed by atoms with van der Waals surface area (Å²) in [6, 6.07) is 0.223. The lowest BCUT2D eigenvalue weighted by molar-refractivity contribution is 0.0462. The first kappa shape index (κ1) is 12.2. The van der Waals surface area contributed by atoms with Crippen molar-refractivity contribution in [1.29, 1.82) is 0 Å². The maximum Gasteiger partial charge on any atom is 0.108 e. The van der Waals surface area contributed by atoms with Crippen LogP contribution in [0.1, 0.15) is 39.1 Å². The predicted molar refractivity (Wildman–Crippen MR) is 60.6 cm³/mol. The van der Waals surface area contributed by atoms with Gasteiger partial charge in [-0.3, -0.25) is 0 Å². The lowest BCUT2D eigenvalue weighted by Crippen LogP contribution is -2.36. The van der Waals surface area contributed by atoms with Gasteiger partial charge in [0, 0.05) is 31.4 Å². The largest absolute Gasteiger partial charge is 0.389 e. The van der Waals surface area contributed by atoms with Crippen molar-refractivity contribution in [1.82, 2.24) is 9.55 Å². The molecule has 0 aliphatic carbocycles. The molecule has 15 heavy (non-hydrogen) atoms. The topological polar surface area (TPSA) is 64.1 Å². The van der Waals surface area contributed by atoms with Crippen molar-refractivity contribution in [3.05, 3.63) is 18.2 Å². The molecule has 0 aromatic carbocycles. The molecule has 86 valence electrons. The lowest BCUT2D eigenvalue weighted by atomic mass is 9.98. The molecule has 1 rings (SSSR count). The van der Waals surface area contributed by atoms with Crippen LogP contribution in [-0.2, 0) is 6.42 Å². The SMILES string of the molecule is CCc1nccn1C(C)CC(C)(O)CN. The smallest absolute Gasteiger partial charge is 0.108 e. The van der Waals surface area contributed by atoms with E-state index in [2.05, 4.69) is 23.4 Å². The van der Waals surface area contributed by atoms with Crippen LogP contribution in [0.3, 0.4) is 0 Å². The van der Waals surface area contributed by atoms with Gasteiger partial charge >= 0.3 is 0 Å². The van der Waals surface area contributed by atoms with E-state index in [9.17, 15) is 5.11 Å². The Balaban J connectivity index is 2.73. The first-order chi connectivity index (χ1) is 7.00. The van der Waals surface area contributed by atoms with Crippen LogP contribution in [0.15, 0.2) is 12.4 Å². The molecule has 1 aromatic heterocycles. The summed E-state index contributed by atoms with van der Waals surface area (Å²) in [6.07, 6.45) is 5.30. The number of hydrogen-bond acceptors (Lipinski definition) is 3. The van der Waals surface area contributed by atoms with E-state index in [0.717, 1.165) is 12.2 Å². The van der Waals surface area contributed by atoms with Crippen LogP contribution in [0.4, 0.5) is 0 Å². The molecule has 2 atom stereocenters. The summed E-state index contributed by atoms with van der Waals surface area (Å²) in [5.41, 5.74) is 4.71. The molecule has 4 nitrogen and oxygen atoms in total. The number of aliphatic hydroxyl groups is 1. The van der Waals surface area contributed by atoms with E-state index in [4.69, 9.17) is 5.73 Å². The average Bonchev–Trinajstić information content (AvgIpc) is 2.64. The van der Waals surface area contributed by atoms with Crippen molar-refractivity contribution in [2.45, 2.75) is 45.3 Å². The highest BCUT2D eigenvalue weighted by atomic mass is 16.3. The van der Waals surface area contributed by atoms with Crippen LogP contribution >= 0.6 is 0 Å². The molecule has 0 spiro atoms. The molecule has 0 saturated carbocycles. The minimum atomic E-state index is -0.797. The Morgan fingerprint density at radius 1 is 1.67 bits per heavy atom. The molecule has 0 amide bonds. The van der Waals surface area contributed by atoms with E-state index in [1.165, 1.54) is 0 Å². The Morgan fingerprint density at radius 2 is 2.33 bits per heavy atom. The van der Waals surface area contributed by atoms with Gasteiger partial charge in [-0.05, 0) is 20.3 Å². The molecule has 0 aliphatic heterocycles. The zero-order valence-corrected chi connectivity index (χ0v) is 9.77. The first-order valence-corrected chi connectivity index (χ1v) is 5.44. The Kier molecular flexibility index (Phi) is 3.88. The maximum absolute atomic E-state index is 9.90. The van der Waals surface area contributed by atoms with E-state index < -0.39 is 5.60 Å². The average molecular weight is 211 g/mol. The van der Waals surface area contributed by atoms with Crippen molar-refractivity contribution in [3.63, 3.8) is 0 Å². The van der Waals surface area contributed by atoms with Gasteiger partial charge in [0.2, 0.25) is 0 Å². The molecular weight excluding hydrogens is 190 g/mol. The van der Waals surface area contributed by atoms with Crippen molar-refractivity contribution >= 4 is 0 Å². The standard InChI is InChI=1S/C11H21N3O/c1-4-10-13-5-6-14(10)9(2)7-11(3,15)8-12/h5-6,9,15H,4,7-8,12H2,1-3H3. The quantitative estimate of drug-likeness (QED) is 0.766. The highest BCUT2D eigenvalue weighted by molar-refractivity contribution is 4.95. The third-order valence-corrected chi connectivity index (χ3v) is 2.71. The molecule has 0 aliphatic rings. The molecule has 3 N–H and O–H groups in total. The fourth-order valence-corrected chi connectivity index (χ4v) is 1.84. The summed E-state index contributed by atoms with van der Waals surface area (Å²) in [5, 5.41) is 9.90. The van der Waals surface area contributed by atoms with Gasteiger partial charge in [0.25, 0.3) is 0 Å². The Morgan fingerprint density at radius 3 is 2.87 bits per heavy atom. The number of rotatable bonds is 5. The maximum atomic E-state index is 9.90. The molecule has 0 bridgehead atoms. The second-order valence-corrected chi connectivity index (χ2v) is 4.36. The fourth-order valence-electron chi connectivity index (χ4n) is 1.84. The molecule has 0 saturated heterocycles. The molecule has 1 heterocycles. The summed E-state index contributed by atoms with van der Waals surface area (Å²) in [5.74, 6) is 1.05. The van der Waals surface area contributed by atoms with E-state index in [1.54, 1.807) is 13.1 Å². The Bertz CT molecular complexity index is 307. The van der Waals surface area contributed by atoms with Crippen molar-refractivity contribution in [2.75, 3.05) is 6.54 Å². The molecule has 2 unspecified atom stereocenters. The fraction of sp³-hybridized carbons (Fsp3) is 0.727. The number of hydrogen-bond donors (Lipinski definition) is 2. The minimum absolute atomic E-state index is 0.223. The van der Waals surface area contributed by atoms with Gasteiger partial charge in [-0.1, -0.05) is 6.92 Å². The second kappa shape index (κ2) is 4.77. The van der Waals surface area contributed by atoms with Crippen LogP contribution in [-0.4, -0.2) is 26.8 Å². The number of nitrogens with zero attached hydrogens (tertiary/aromatic N) is 2. The van der Waals surface area contributed by atoms with Crippen molar-refractivity contribution in [2.24, 2.45) is 5.73 Å². The van der Waals surface area contributed by atoms with Crippen LogP contribution in [0, 0.1) is 0 Å². The minimum Gasteiger partial charge on any atom is -0.389 e. The summed E-state index contributed by atoms with van der Waals surface area (Å²) in [4.78, 5) is 4.26. The zero-order chi connectivity index (χ0) is 11.5. The number of nitrogens with two attached hydrogens (primary N) is 1. The Labute approximate surface area is 91.1 Å². The zero-order valence-electron chi connectivity index (χ0n) is 9.77. The van der Waals surface area contributed by atoms with E-state index in [0.29, 0.717) is 6.42 Å². The van der Waals surface area contributed by atoms with Gasteiger partial charge in [-0.15, -0.1) is 0 Å². The van der Waals surface area contributed by atoms with Gasteiger partial charge in [0.15, 0.2) is 0 Å². The molecular formula is C11H21N3O. The monoisotopic (exact) mass is 211 g/mol. The summed E-state index contributed by atoms with van der Waals surface area (Å²) < 4.78 is 2.10. The highest BCUT2D eigenvalue weighted by Crippen LogP contribution is 2.21. The van der Waals surface area contributed by atoms with Gasteiger partial charge in [0.05, 0.1) is 5.60 Å². The predicted octanol–water partition coefficient (Wildman–Crippen LogP) is 1.11. The van der Waals surface area contributed by atoms with Crippen LogP contribution in [0.5, 0.6) is 0 Å². The van der Waals surface area contributed by atoms with Gasteiger partial charge in [0.1, 0.15) is 5.82 Å². The molecule has 0 fully saturated rings. The third kappa shape index (κ3) is 3.04. The number of aryl methyl sites for hydroxylation is 1. The van der Waals surface area contributed by atoms with E-state index >= 15 is 0 Å². The van der Waals surface area contributed by atoms with E-state index in [1.807, 2.05) is 6.20 Å². The lowest BCUT2D eigenvalue weighted by Gasteiger charge is -2.26. The van der Waals surface area contributed by atoms with Gasteiger partial charge in [-0.25, -0.2) is 4.98 Å².